The van der Waals surface area contributed by atoms with Crippen LogP contribution in [-0.2, 0) is 6.18 Å². The summed E-state index contributed by atoms with van der Waals surface area (Å²) in [6.07, 6.45) is -4.61. The lowest BCUT2D eigenvalue weighted by atomic mass is 10.0. The van der Waals surface area contributed by atoms with Gasteiger partial charge in [-0.25, -0.2) is 4.98 Å². The van der Waals surface area contributed by atoms with Gasteiger partial charge in [-0.15, -0.1) is 11.3 Å². The molecule has 1 atom stereocenters. The third-order valence-corrected chi connectivity index (χ3v) is 3.70. The molecule has 4 N–H and O–H groups in total. The summed E-state index contributed by atoms with van der Waals surface area (Å²) < 4.78 is 39.1. The van der Waals surface area contributed by atoms with Crippen molar-refractivity contribution in [3.63, 3.8) is 0 Å². The average Bonchev–Trinajstić information content (AvgIpc) is 2.77. The number of anilines is 2. The number of nitrogens with two attached hydrogens (primary N) is 2. The smallest absolute Gasteiger partial charge is 0.383 e. The van der Waals surface area contributed by atoms with Crippen molar-refractivity contribution in [1.82, 2.24) is 9.97 Å². The van der Waals surface area contributed by atoms with Crippen molar-refractivity contribution >= 4 is 23.1 Å². The summed E-state index contributed by atoms with van der Waals surface area (Å²) in [6, 6.07) is 3.50. The minimum atomic E-state index is -4.61. The monoisotopic (exact) mass is 288 g/mol. The zero-order chi connectivity index (χ0) is 14.2. The standard InChI is InChI=1S/C11H11F3N4S/c1-5(6-3-2-4-19-6)8-7(11(12,13)14)9(15)18-10(16)17-8/h2-5H,1H3,(H4,15,16,17,18). The zero-order valence-corrected chi connectivity index (χ0v) is 10.7. The van der Waals surface area contributed by atoms with Crippen LogP contribution in [0.15, 0.2) is 17.5 Å². The van der Waals surface area contributed by atoms with Gasteiger partial charge in [-0.05, 0) is 11.4 Å². The Morgan fingerprint density at radius 3 is 2.47 bits per heavy atom. The molecule has 2 rings (SSSR count). The van der Waals surface area contributed by atoms with E-state index < -0.39 is 23.5 Å². The van der Waals surface area contributed by atoms with Gasteiger partial charge in [0.15, 0.2) is 0 Å². The van der Waals surface area contributed by atoms with Crippen LogP contribution in [-0.4, -0.2) is 9.97 Å². The van der Waals surface area contributed by atoms with E-state index in [1.807, 2.05) is 0 Å². The predicted molar refractivity (Wildman–Crippen MR) is 67.7 cm³/mol. The highest BCUT2D eigenvalue weighted by molar-refractivity contribution is 7.10. The largest absolute Gasteiger partial charge is 0.421 e. The Balaban J connectivity index is 2.62. The van der Waals surface area contributed by atoms with Crippen molar-refractivity contribution in [3.05, 3.63) is 33.6 Å². The molecule has 19 heavy (non-hydrogen) atoms. The molecular weight excluding hydrogens is 277 g/mol. The van der Waals surface area contributed by atoms with E-state index in [0.717, 1.165) is 4.88 Å². The number of rotatable bonds is 2. The van der Waals surface area contributed by atoms with Gasteiger partial charge >= 0.3 is 6.18 Å². The maximum Gasteiger partial charge on any atom is 0.421 e. The van der Waals surface area contributed by atoms with E-state index in [2.05, 4.69) is 9.97 Å². The molecule has 4 nitrogen and oxygen atoms in total. The first-order valence-electron chi connectivity index (χ1n) is 5.34. The normalized spacial score (nSPS) is 13.5. The number of hydrogen-bond acceptors (Lipinski definition) is 5. The summed E-state index contributed by atoms with van der Waals surface area (Å²) in [4.78, 5) is 7.87. The Morgan fingerprint density at radius 2 is 1.95 bits per heavy atom. The van der Waals surface area contributed by atoms with Crippen LogP contribution in [0.2, 0.25) is 0 Å². The minimum Gasteiger partial charge on any atom is -0.383 e. The van der Waals surface area contributed by atoms with Gasteiger partial charge in [-0.1, -0.05) is 13.0 Å². The molecule has 8 heteroatoms. The molecule has 0 saturated carbocycles. The fourth-order valence-electron chi connectivity index (χ4n) is 1.79. The third-order valence-electron chi connectivity index (χ3n) is 2.65. The number of hydrogen-bond donors (Lipinski definition) is 2. The van der Waals surface area contributed by atoms with E-state index in [9.17, 15) is 13.2 Å². The SMILES string of the molecule is CC(c1cccs1)c1nc(N)nc(N)c1C(F)(F)F. The summed E-state index contributed by atoms with van der Waals surface area (Å²) in [5.41, 5.74) is 9.54. The molecule has 0 aliphatic carbocycles. The first-order chi connectivity index (χ1) is 8.80. The number of thiophene rings is 1. The Morgan fingerprint density at radius 1 is 1.26 bits per heavy atom. The van der Waals surface area contributed by atoms with Crippen LogP contribution in [0.5, 0.6) is 0 Å². The van der Waals surface area contributed by atoms with Crippen molar-refractivity contribution < 1.29 is 13.2 Å². The number of aromatic nitrogens is 2. The fourth-order valence-corrected chi connectivity index (χ4v) is 2.58. The van der Waals surface area contributed by atoms with Crippen molar-refractivity contribution in [2.24, 2.45) is 0 Å². The molecule has 2 aromatic rings. The Kier molecular flexibility index (Phi) is 3.36. The second kappa shape index (κ2) is 4.69. The highest BCUT2D eigenvalue weighted by Crippen LogP contribution is 2.40. The Labute approximate surface area is 111 Å². The van der Waals surface area contributed by atoms with Crippen LogP contribution in [0.25, 0.3) is 0 Å². The number of nitrogens with zero attached hydrogens (tertiary/aromatic N) is 2. The minimum absolute atomic E-state index is 0.194. The van der Waals surface area contributed by atoms with Crippen LogP contribution >= 0.6 is 11.3 Å². The summed E-state index contributed by atoms with van der Waals surface area (Å²) in [5, 5.41) is 1.78. The fraction of sp³-hybridized carbons (Fsp3) is 0.273. The molecule has 0 amide bonds. The second-order valence-corrected chi connectivity index (χ2v) is 4.94. The summed E-state index contributed by atoms with van der Waals surface area (Å²) in [6.45, 7) is 1.63. The van der Waals surface area contributed by atoms with Gasteiger partial charge in [0, 0.05) is 10.8 Å². The molecular formula is C11H11F3N4S. The van der Waals surface area contributed by atoms with E-state index >= 15 is 0 Å². The zero-order valence-electron chi connectivity index (χ0n) is 9.90. The van der Waals surface area contributed by atoms with Gasteiger partial charge in [0.25, 0.3) is 0 Å². The van der Waals surface area contributed by atoms with Gasteiger partial charge < -0.3 is 11.5 Å². The van der Waals surface area contributed by atoms with Crippen LogP contribution < -0.4 is 11.5 Å². The molecule has 0 aromatic carbocycles. The number of nitrogen functional groups attached to an aromatic ring is 2. The molecule has 102 valence electrons. The van der Waals surface area contributed by atoms with E-state index in [4.69, 9.17) is 11.5 Å². The topological polar surface area (TPSA) is 77.8 Å². The Bertz CT molecular complexity index is 580. The highest BCUT2D eigenvalue weighted by atomic mass is 32.1. The van der Waals surface area contributed by atoms with Crippen LogP contribution in [0.1, 0.15) is 29.0 Å². The van der Waals surface area contributed by atoms with Gasteiger partial charge in [-0.3, -0.25) is 0 Å². The van der Waals surface area contributed by atoms with Gasteiger partial charge in [0.1, 0.15) is 11.4 Å². The van der Waals surface area contributed by atoms with Gasteiger partial charge in [0.2, 0.25) is 5.95 Å². The molecule has 0 bridgehead atoms. The van der Waals surface area contributed by atoms with E-state index in [0.29, 0.717) is 0 Å². The van der Waals surface area contributed by atoms with Crippen LogP contribution in [0.4, 0.5) is 24.9 Å². The lowest BCUT2D eigenvalue weighted by Gasteiger charge is -2.18. The molecule has 1 unspecified atom stereocenters. The average molecular weight is 288 g/mol. The van der Waals surface area contributed by atoms with Crippen LogP contribution in [0, 0.1) is 0 Å². The molecule has 0 spiro atoms. The maximum absolute atomic E-state index is 13.0. The lowest BCUT2D eigenvalue weighted by Crippen LogP contribution is -2.18. The van der Waals surface area contributed by atoms with Gasteiger partial charge in [0.05, 0.1) is 5.69 Å². The third kappa shape index (κ3) is 2.62. The molecule has 0 radical (unpaired) electrons. The molecule has 0 aliphatic heterocycles. The second-order valence-electron chi connectivity index (χ2n) is 3.96. The van der Waals surface area contributed by atoms with Gasteiger partial charge in [-0.2, -0.15) is 18.2 Å². The highest BCUT2D eigenvalue weighted by Gasteiger charge is 2.39. The van der Waals surface area contributed by atoms with Crippen molar-refractivity contribution in [3.8, 4) is 0 Å². The summed E-state index contributed by atoms with van der Waals surface area (Å²) in [5.74, 6) is -1.45. The molecule has 0 saturated heterocycles. The Hall–Kier alpha value is -1.83. The summed E-state index contributed by atoms with van der Waals surface area (Å²) in [7, 11) is 0. The molecule has 0 fully saturated rings. The van der Waals surface area contributed by atoms with Crippen molar-refractivity contribution in [2.75, 3.05) is 11.5 Å². The maximum atomic E-state index is 13.0. The van der Waals surface area contributed by atoms with E-state index in [1.54, 1.807) is 24.4 Å². The molecule has 2 heterocycles. The number of halogens is 3. The predicted octanol–water partition coefficient (Wildman–Crippen LogP) is 2.87. The van der Waals surface area contributed by atoms with E-state index in [1.165, 1.54) is 11.3 Å². The van der Waals surface area contributed by atoms with Crippen LogP contribution in [0.3, 0.4) is 0 Å². The quantitative estimate of drug-likeness (QED) is 0.890. The van der Waals surface area contributed by atoms with Crippen molar-refractivity contribution in [1.29, 1.82) is 0 Å². The number of alkyl halides is 3. The molecule has 2 aromatic heterocycles. The molecule has 0 aliphatic rings. The van der Waals surface area contributed by atoms with Crippen molar-refractivity contribution in [2.45, 2.75) is 19.0 Å². The lowest BCUT2D eigenvalue weighted by molar-refractivity contribution is -0.138. The first-order valence-corrected chi connectivity index (χ1v) is 6.22. The van der Waals surface area contributed by atoms with E-state index in [-0.39, 0.29) is 11.6 Å². The first kappa shape index (κ1) is 13.6. The summed E-state index contributed by atoms with van der Waals surface area (Å²) >= 11 is 1.35.